The van der Waals surface area contributed by atoms with Crippen molar-refractivity contribution in [3.63, 3.8) is 0 Å². The van der Waals surface area contributed by atoms with Gasteiger partial charge in [0.1, 0.15) is 0 Å². The Kier molecular flexibility index (Phi) is 21.0. The van der Waals surface area contributed by atoms with Crippen molar-refractivity contribution in [2.75, 3.05) is 78.9 Å². The summed E-state index contributed by atoms with van der Waals surface area (Å²) in [4.78, 5) is 3.60. The molecule has 4 rings (SSSR count). The summed E-state index contributed by atoms with van der Waals surface area (Å²) in [5.41, 5.74) is 0.329. The number of nitrogens with zero attached hydrogens (tertiary/aromatic N) is 4. The van der Waals surface area contributed by atoms with Crippen molar-refractivity contribution < 1.29 is 77.2 Å². The summed E-state index contributed by atoms with van der Waals surface area (Å²) in [6.07, 6.45) is 0. The summed E-state index contributed by atoms with van der Waals surface area (Å²) in [7, 11) is -7.36. The second-order valence-corrected chi connectivity index (χ2v) is 11.9. The molecule has 2 aromatic carbocycles. The predicted molar refractivity (Wildman–Crippen MR) is 156 cm³/mol. The molecule has 19 heteroatoms. The fourth-order valence-electron chi connectivity index (χ4n) is 3.67. The molecule has 0 atom stereocenters. The first-order chi connectivity index (χ1) is 20.9. The van der Waals surface area contributed by atoms with Crippen molar-refractivity contribution >= 4 is 31.8 Å². The van der Waals surface area contributed by atoms with Crippen LogP contribution in [0.15, 0.2) is 67.1 Å². The van der Waals surface area contributed by atoms with Crippen molar-refractivity contribution in [1.29, 1.82) is 0 Å². The molecule has 16 nitrogen and oxygen atoms in total. The minimum Gasteiger partial charge on any atom is -0.858 e. The number of benzene rings is 2. The molecule has 0 bridgehead atoms. The molecule has 0 fully saturated rings. The first kappa shape index (κ1) is 42.6. The summed E-state index contributed by atoms with van der Waals surface area (Å²) in [6.45, 7) is 3.51. The van der Waals surface area contributed by atoms with E-state index in [0.717, 1.165) is 0 Å². The van der Waals surface area contributed by atoms with Crippen LogP contribution in [0, 0.1) is 0 Å². The second-order valence-electron chi connectivity index (χ2n) is 8.76. The van der Waals surface area contributed by atoms with Crippen molar-refractivity contribution in [2.45, 2.75) is 9.79 Å². The molecule has 45 heavy (non-hydrogen) atoms. The molecule has 2 aliphatic heterocycles. The first-order valence-electron chi connectivity index (χ1n) is 13.2. The van der Waals surface area contributed by atoms with Gasteiger partial charge in [-0.2, -0.15) is 25.6 Å². The van der Waals surface area contributed by atoms with E-state index in [1.807, 2.05) is 0 Å². The van der Waals surface area contributed by atoms with Gasteiger partial charge in [0.05, 0.1) is 49.4 Å². The van der Waals surface area contributed by atoms with E-state index >= 15 is 0 Å². The molecule has 2 aliphatic rings. The topological polar surface area (TPSA) is 267 Å². The average Bonchev–Trinajstić information content (AvgIpc) is 3.37. The third-order valence-corrected chi connectivity index (χ3v) is 8.33. The number of hydrogen-bond donors (Lipinski definition) is 6. The van der Waals surface area contributed by atoms with Crippen LogP contribution in [0.5, 0.6) is 0 Å². The van der Waals surface area contributed by atoms with Crippen LogP contribution in [0.2, 0.25) is 0 Å². The fraction of sp³-hybridized carbons (Fsp3) is 0.462. The third kappa shape index (κ3) is 14.3. The van der Waals surface area contributed by atoms with Gasteiger partial charge in [-0.05, 0) is 12.1 Å². The van der Waals surface area contributed by atoms with E-state index in [-0.39, 0.29) is 80.0 Å². The van der Waals surface area contributed by atoms with Gasteiger partial charge < -0.3 is 40.9 Å². The normalized spacial score (nSPS) is 14.7. The molecular formula is C26H38N4O12S2Zn. The Balaban J connectivity index is 0.000000573. The van der Waals surface area contributed by atoms with Gasteiger partial charge in [0, 0.05) is 62.2 Å². The van der Waals surface area contributed by atoms with Gasteiger partial charge in [-0.15, -0.1) is 0 Å². The molecule has 0 spiro atoms. The molecule has 0 unspecified atom stereocenters. The summed E-state index contributed by atoms with van der Waals surface area (Å²) in [5.74, 6) is -1.35. The largest absolute Gasteiger partial charge is 2.00 e. The Labute approximate surface area is 275 Å². The zero-order chi connectivity index (χ0) is 33.2. The molecule has 248 valence electrons. The van der Waals surface area contributed by atoms with Crippen LogP contribution >= 0.6 is 0 Å². The number of fused-ring (bicyclic) bond motifs is 2. The van der Waals surface area contributed by atoms with Crippen LogP contribution in [0.25, 0.3) is 0 Å². The molecule has 2 heterocycles. The molecular weight excluding hydrogens is 690 g/mol. The number of aliphatic hydroxyl groups is 6. The van der Waals surface area contributed by atoms with E-state index < -0.39 is 31.8 Å². The quantitative estimate of drug-likeness (QED) is 0.113. The van der Waals surface area contributed by atoms with Crippen molar-refractivity contribution in [2.24, 2.45) is 8.80 Å². The SMILES string of the molecule is O=S1(=O)N=C([O-])c2ccccc21.O=S1(=O)N=C([O-])c2ccccc21.OCCN(CCO)CCO.OCCN(CCO)CCO.[Zn+2]. The molecule has 0 saturated heterocycles. The summed E-state index contributed by atoms with van der Waals surface area (Å²) in [5, 5.41) is 72.8. The predicted octanol–water partition coefficient (Wildman–Crippen LogP) is -4.48. The van der Waals surface area contributed by atoms with Gasteiger partial charge in [0.25, 0.3) is 20.0 Å². The minimum absolute atomic E-state index is 0. The van der Waals surface area contributed by atoms with Gasteiger partial charge in [0.15, 0.2) is 0 Å². The van der Waals surface area contributed by atoms with E-state index in [9.17, 15) is 27.0 Å². The Bertz CT molecular complexity index is 1290. The Morgan fingerprint density at radius 1 is 0.511 bits per heavy atom. The van der Waals surface area contributed by atoms with Gasteiger partial charge in [-0.1, -0.05) is 36.4 Å². The molecule has 0 aliphatic carbocycles. The maximum absolute atomic E-state index is 11.1. The second kappa shape index (κ2) is 22.2. The molecule has 0 radical (unpaired) electrons. The number of sulfonamides is 2. The first-order valence-corrected chi connectivity index (χ1v) is 16.1. The maximum atomic E-state index is 11.1. The summed E-state index contributed by atoms with van der Waals surface area (Å²) in [6, 6.07) is 12.0. The van der Waals surface area contributed by atoms with E-state index in [0.29, 0.717) is 39.3 Å². The van der Waals surface area contributed by atoms with Crippen molar-refractivity contribution in [1.82, 2.24) is 9.80 Å². The van der Waals surface area contributed by atoms with Crippen LogP contribution < -0.4 is 10.2 Å². The van der Waals surface area contributed by atoms with Crippen LogP contribution in [-0.4, -0.2) is 148 Å². The molecule has 0 saturated carbocycles. The standard InChI is InChI=1S/2C7H5NO3S.2C6H15NO3.Zn/c2*9-7-5-3-1-2-4-6(5)12(10,11)8-7;2*8-4-1-7(2-5-9)3-6-10;/h2*1-4H,(H,8,9);2*8-10H,1-6H2;/q;;;;+2/p-2. The summed E-state index contributed by atoms with van der Waals surface area (Å²) < 4.78 is 50.3. The van der Waals surface area contributed by atoms with Gasteiger partial charge in [-0.25, -0.2) is 0 Å². The molecule has 0 aromatic heterocycles. The third-order valence-electron chi connectivity index (χ3n) is 5.69. The van der Waals surface area contributed by atoms with E-state index in [1.165, 1.54) is 24.3 Å². The minimum atomic E-state index is -3.68. The van der Waals surface area contributed by atoms with Gasteiger partial charge in [0.2, 0.25) is 0 Å². The fourth-order valence-corrected chi connectivity index (χ4v) is 5.87. The zero-order valence-electron chi connectivity index (χ0n) is 24.5. The van der Waals surface area contributed by atoms with Crippen molar-refractivity contribution in [3.05, 3.63) is 59.7 Å². The van der Waals surface area contributed by atoms with E-state index in [1.54, 1.807) is 34.1 Å². The van der Waals surface area contributed by atoms with E-state index in [2.05, 4.69) is 8.80 Å². The molecule has 6 N–H and O–H groups in total. The van der Waals surface area contributed by atoms with Crippen LogP contribution in [0.4, 0.5) is 0 Å². The molecule has 2 aromatic rings. The maximum Gasteiger partial charge on any atom is 2.00 e. The van der Waals surface area contributed by atoms with Crippen molar-refractivity contribution in [3.8, 4) is 0 Å². The average molecular weight is 728 g/mol. The Morgan fingerprint density at radius 2 is 0.756 bits per heavy atom. The number of hydrogen-bond acceptors (Lipinski definition) is 14. The zero-order valence-corrected chi connectivity index (χ0v) is 29.1. The summed E-state index contributed by atoms with van der Waals surface area (Å²) >= 11 is 0. The molecule has 0 amide bonds. The van der Waals surface area contributed by atoms with Gasteiger partial charge in [-0.3, -0.25) is 9.80 Å². The van der Waals surface area contributed by atoms with Crippen LogP contribution in [-0.2, 0) is 39.5 Å². The van der Waals surface area contributed by atoms with Crippen LogP contribution in [0.1, 0.15) is 11.1 Å². The Hall–Kier alpha value is -2.42. The number of rotatable bonds is 12. The number of aliphatic hydroxyl groups excluding tert-OH is 6. The van der Waals surface area contributed by atoms with Crippen LogP contribution in [0.3, 0.4) is 0 Å². The monoisotopic (exact) mass is 726 g/mol. The smallest absolute Gasteiger partial charge is 0.858 e. The Morgan fingerprint density at radius 3 is 0.978 bits per heavy atom. The van der Waals surface area contributed by atoms with Gasteiger partial charge >= 0.3 is 19.5 Å². The van der Waals surface area contributed by atoms with E-state index in [4.69, 9.17) is 30.6 Å².